The van der Waals surface area contributed by atoms with Crippen LogP contribution in [0, 0.1) is 11.8 Å². The molecule has 2 aromatic rings. The van der Waals surface area contributed by atoms with Gasteiger partial charge in [-0.15, -0.1) is 0 Å². The van der Waals surface area contributed by atoms with Crippen LogP contribution >= 0.6 is 11.6 Å². The monoisotopic (exact) mass is 399 g/mol. The number of piperidine rings is 1. The zero-order valence-corrected chi connectivity index (χ0v) is 16.9. The average molecular weight is 400 g/mol. The van der Waals surface area contributed by atoms with Crippen molar-refractivity contribution in [2.24, 2.45) is 11.8 Å². The van der Waals surface area contributed by atoms with Crippen LogP contribution in [0.2, 0.25) is 5.15 Å². The molecule has 3 rings (SSSR count). The van der Waals surface area contributed by atoms with Gasteiger partial charge in [0.05, 0.1) is 0 Å². The molecule has 2 heterocycles. The smallest absolute Gasteiger partial charge is 0.254 e. The molecule has 5 nitrogen and oxygen atoms in total. The van der Waals surface area contributed by atoms with E-state index in [-0.39, 0.29) is 11.8 Å². The Labute approximate surface area is 171 Å². The van der Waals surface area contributed by atoms with Crippen LogP contribution in [0.1, 0.15) is 42.1 Å². The summed E-state index contributed by atoms with van der Waals surface area (Å²) >= 11 is 5.91. The molecule has 148 valence electrons. The van der Waals surface area contributed by atoms with Crippen LogP contribution in [-0.2, 0) is 11.3 Å². The molecule has 2 atom stereocenters. The third-order valence-electron chi connectivity index (χ3n) is 5.46. The summed E-state index contributed by atoms with van der Waals surface area (Å²) in [6.07, 6.45) is 3.84. The van der Waals surface area contributed by atoms with Gasteiger partial charge in [0.15, 0.2) is 0 Å². The molecule has 2 amide bonds. The second kappa shape index (κ2) is 9.69. The van der Waals surface area contributed by atoms with E-state index < -0.39 is 0 Å². The first-order valence-electron chi connectivity index (χ1n) is 9.78. The fourth-order valence-electron chi connectivity index (χ4n) is 3.82. The van der Waals surface area contributed by atoms with E-state index in [0.717, 1.165) is 18.4 Å². The molecule has 0 bridgehead atoms. The summed E-state index contributed by atoms with van der Waals surface area (Å²) in [7, 11) is 0. The topological polar surface area (TPSA) is 62.3 Å². The number of rotatable bonds is 6. The predicted molar refractivity (Wildman–Crippen MR) is 110 cm³/mol. The molecule has 28 heavy (non-hydrogen) atoms. The van der Waals surface area contributed by atoms with Gasteiger partial charge in [0.25, 0.3) is 5.91 Å². The van der Waals surface area contributed by atoms with Gasteiger partial charge in [-0.1, -0.05) is 55.3 Å². The van der Waals surface area contributed by atoms with Gasteiger partial charge in [-0.05, 0) is 36.0 Å². The van der Waals surface area contributed by atoms with Crippen LogP contribution in [0.15, 0.2) is 48.7 Å². The first kappa shape index (κ1) is 20.3. The maximum absolute atomic E-state index is 12.8. The summed E-state index contributed by atoms with van der Waals surface area (Å²) in [4.78, 5) is 31.0. The molecule has 1 aromatic heterocycles. The number of carbonyl (C=O) groups excluding carboxylic acids is 2. The highest BCUT2D eigenvalue weighted by atomic mass is 35.5. The van der Waals surface area contributed by atoms with Crippen LogP contribution in [0.25, 0.3) is 0 Å². The standard InChI is InChI=1S/C22H26ClN3O2/c1-2-17-15-26(22(28)19-8-10-24-20(23)12-19)11-9-18(17)13-21(27)25-14-16-6-4-3-5-7-16/h3-8,10,12,17-18H,2,9,11,13-15H2,1H3,(H,25,27)/t17-,18-/m0/s1. The highest BCUT2D eigenvalue weighted by molar-refractivity contribution is 6.29. The molecule has 1 aliphatic rings. The molecule has 1 fully saturated rings. The lowest BCUT2D eigenvalue weighted by Crippen LogP contribution is -2.44. The zero-order chi connectivity index (χ0) is 19.9. The number of aromatic nitrogens is 1. The third kappa shape index (κ3) is 5.32. The molecule has 0 spiro atoms. The number of nitrogens with zero attached hydrogens (tertiary/aromatic N) is 2. The summed E-state index contributed by atoms with van der Waals surface area (Å²) in [5.74, 6) is 0.672. The van der Waals surface area contributed by atoms with E-state index in [2.05, 4.69) is 17.2 Å². The van der Waals surface area contributed by atoms with Gasteiger partial charge < -0.3 is 10.2 Å². The summed E-state index contributed by atoms with van der Waals surface area (Å²) in [5.41, 5.74) is 1.66. The first-order chi connectivity index (χ1) is 13.6. The summed E-state index contributed by atoms with van der Waals surface area (Å²) in [6.45, 7) is 4.01. The molecule has 0 radical (unpaired) electrons. The molecule has 6 heteroatoms. The van der Waals surface area contributed by atoms with E-state index in [1.54, 1.807) is 18.3 Å². The molecular formula is C22H26ClN3O2. The minimum atomic E-state index is -0.0188. The molecule has 1 N–H and O–H groups in total. The van der Waals surface area contributed by atoms with Crippen LogP contribution in [0.5, 0.6) is 0 Å². The van der Waals surface area contributed by atoms with Gasteiger partial charge in [0, 0.05) is 37.8 Å². The van der Waals surface area contributed by atoms with Crippen molar-refractivity contribution in [2.45, 2.75) is 32.7 Å². The Morgan fingerprint density at radius 3 is 2.71 bits per heavy atom. The van der Waals surface area contributed by atoms with Gasteiger partial charge in [0.1, 0.15) is 5.15 Å². The van der Waals surface area contributed by atoms with Gasteiger partial charge in [-0.25, -0.2) is 4.98 Å². The molecule has 0 saturated carbocycles. The van der Waals surface area contributed by atoms with E-state index in [1.807, 2.05) is 35.2 Å². The second-order valence-electron chi connectivity index (χ2n) is 7.30. The lowest BCUT2D eigenvalue weighted by molar-refractivity contribution is -0.123. The first-order valence-corrected chi connectivity index (χ1v) is 10.2. The van der Waals surface area contributed by atoms with E-state index in [0.29, 0.717) is 48.6 Å². The average Bonchev–Trinajstić information content (AvgIpc) is 2.73. The van der Waals surface area contributed by atoms with Gasteiger partial charge in [-0.3, -0.25) is 9.59 Å². The van der Waals surface area contributed by atoms with Crippen molar-refractivity contribution >= 4 is 23.4 Å². The highest BCUT2D eigenvalue weighted by Gasteiger charge is 2.32. The van der Waals surface area contributed by atoms with Gasteiger partial charge >= 0.3 is 0 Å². The summed E-state index contributed by atoms with van der Waals surface area (Å²) in [6, 6.07) is 13.2. The quantitative estimate of drug-likeness (QED) is 0.748. The van der Waals surface area contributed by atoms with Crippen molar-refractivity contribution in [3.8, 4) is 0 Å². The van der Waals surface area contributed by atoms with Crippen molar-refractivity contribution in [3.05, 3.63) is 64.9 Å². The zero-order valence-electron chi connectivity index (χ0n) is 16.1. The lowest BCUT2D eigenvalue weighted by Gasteiger charge is -2.38. The number of amides is 2. The Morgan fingerprint density at radius 2 is 2.00 bits per heavy atom. The predicted octanol–water partition coefficient (Wildman–Crippen LogP) is 3.93. The number of pyridine rings is 1. The number of hydrogen-bond donors (Lipinski definition) is 1. The van der Waals surface area contributed by atoms with Crippen LogP contribution in [-0.4, -0.2) is 34.8 Å². The van der Waals surface area contributed by atoms with Crippen molar-refractivity contribution in [3.63, 3.8) is 0 Å². The molecule has 1 aliphatic heterocycles. The Balaban J connectivity index is 1.54. The van der Waals surface area contributed by atoms with Gasteiger partial charge in [-0.2, -0.15) is 0 Å². The molecule has 1 aromatic carbocycles. The van der Waals surface area contributed by atoms with E-state index in [1.165, 1.54) is 0 Å². The lowest BCUT2D eigenvalue weighted by atomic mass is 9.81. The number of hydrogen-bond acceptors (Lipinski definition) is 3. The normalized spacial score (nSPS) is 19.3. The van der Waals surface area contributed by atoms with Gasteiger partial charge in [0.2, 0.25) is 5.91 Å². The van der Waals surface area contributed by atoms with Crippen molar-refractivity contribution in [1.29, 1.82) is 0 Å². The van der Waals surface area contributed by atoms with Crippen LogP contribution < -0.4 is 5.32 Å². The highest BCUT2D eigenvalue weighted by Crippen LogP contribution is 2.30. The maximum Gasteiger partial charge on any atom is 0.254 e. The van der Waals surface area contributed by atoms with Crippen LogP contribution in [0.4, 0.5) is 0 Å². The molecular weight excluding hydrogens is 374 g/mol. The Hall–Kier alpha value is -2.40. The molecule has 0 unspecified atom stereocenters. The van der Waals surface area contributed by atoms with Crippen molar-refractivity contribution in [1.82, 2.24) is 15.2 Å². The summed E-state index contributed by atoms with van der Waals surface area (Å²) < 4.78 is 0. The largest absolute Gasteiger partial charge is 0.352 e. The number of halogens is 1. The van der Waals surface area contributed by atoms with E-state index in [4.69, 9.17) is 11.6 Å². The third-order valence-corrected chi connectivity index (χ3v) is 5.66. The Morgan fingerprint density at radius 1 is 1.21 bits per heavy atom. The van der Waals surface area contributed by atoms with Crippen molar-refractivity contribution < 1.29 is 9.59 Å². The number of carbonyl (C=O) groups is 2. The van der Waals surface area contributed by atoms with E-state index in [9.17, 15) is 9.59 Å². The number of likely N-dealkylation sites (tertiary alicyclic amines) is 1. The number of nitrogens with one attached hydrogen (secondary N) is 1. The van der Waals surface area contributed by atoms with Crippen LogP contribution in [0.3, 0.4) is 0 Å². The molecule has 0 aliphatic carbocycles. The Bertz CT molecular complexity index is 812. The minimum Gasteiger partial charge on any atom is -0.352 e. The fourth-order valence-corrected chi connectivity index (χ4v) is 4.00. The summed E-state index contributed by atoms with van der Waals surface area (Å²) in [5, 5.41) is 3.34. The SMILES string of the molecule is CC[C@H]1CN(C(=O)c2ccnc(Cl)c2)CC[C@H]1CC(=O)NCc1ccccc1. The second-order valence-corrected chi connectivity index (χ2v) is 7.69. The number of benzene rings is 1. The minimum absolute atomic E-state index is 0.0188. The molecule has 1 saturated heterocycles. The van der Waals surface area contributed by atoms with Crippen molar-refractivity contribution in [2.75, 3.05) is 13.1 Å². The Kier molecular flexibility index (Phi) is 7.04. The fraction of sp³-hybridized carbons (Fsp3) is 0.409. The van der Waals surface area contributed by atoms with E-state index >= 15 is 0 Å². The maximum atomic E-state index is 12.8.